The summed E-state index contributed by atoms with van der Waals surface area (Å²) in [6, 6.07) is 10.1. The van der Waals surface area contributed by atoms with Crippen molar-refractivity contribution in [1.29, 1.82) is 0 Å². The van der Waals surface area contributed by atoms with E-state index in [1.54, 1.807) is 6.92 Å². The molecule has 5 nitrogen and oxygen atoms in total. The first-order chi connectivity index (χ1) is 10.4. The molecule has 2 N–H and O–H groups in total. The lowest BCUT2D eigenvalue weighted by Gasteiger charge is -2.25. The molecule has 0 aliphatic carbocycles. The van der Waals surface area contributed by atoms with Gasteiger partial charge in [0.25, 0.3) is 5.91 Å². The SMILES string of the molecule is Cc1[nH]c(=O)[nH]c1C(=O)N1CC(C)(C)CC1c1ccccc1. The van der Waals surface area contributed by atoms with Crippen LogP contribution in [0.5, 0.6) is 0 Å². The molecular formula is C17H21N3O2. The minimum atomic E-state index is -0.337. The Morgan fingerprint density at radius 2 is 1.91 bits per heavy atom. The summed E-state index contributed by atoms with van der Waals surface area (Å²) in [6.07, 6.45) is 0.913. The Bertz CT molecular complexity index is 743. The number of nitrogens with zero attached hydrogens (tertiary/aromatic N) is 1. The lowest BCUT2D eigenvalue weighted by Crippen LogP contribution is -2.33. The zero-order valence-electron chi connectivity index (χ0n) is 13.1. The number of amides is 1. The van der Waals surface area contributed by atoms with E-state index < -0.39 is 0 Å². The van der Waals surface area contributed by atoms with E-state index in [9.17, 15) is 9.59 Å². The Morgan fingerprint density at radius 3 is 2.50 bits per heavy atom. The van der Waals surface area contributed by atoms with E-state index in [2.05, 4.69) is 35.9 Å². The summed E-state index contributed by atoms with van der Waals surface area (Å²) in [6.45, 7) is 6.76. The predicted molar refractivity (Wildman–Crippen MR) is 84.8 cm³/mol. The number of aromatic nitrogens is 2. The second-order valence-corrected chi connectivity index (χ2v) is 6.81. The normalized spacial score (nSPS) is 20.3. The van der Waals surface area contributed by atoms with E-state index in [-0.39, 0.29) is 23.1 Å². The molecule has 1 aromatic heterocycles. The molecule has 5 heteroatoms. The number of hydrogen-bond acceptors (Lipinski definition) is 2. The predicted octanol–water partition coefficient (Wildman–Crippen LogP) is 2.62. The van der Waals surface area contributed by atoms with Crippen LogP contribution in [0.1, 0.15) is 48.1 Å². The first-order valence-electron chi connectivity index (χ1n) is 7.52. The third-order valence-electron chi connectivity index (χ3n) is 4.29. The highest BCUT2D eigenvalue weighted by molar-refractivity contribution is 5.93. The van der Waals surface area contributed by atoms with Crippen molar-refractivity contribution in [3.05, 3.63) is 57.8 Å². The number of likely N-dealkylation sites (tertiary alicyclic amines) is 1. The maximum Gasteiger partial charge on any atom is 0.323 e. The van der Waals surface area contributed by atoms with Crippen molar-refractivity contribution in [2.45, 2.75) is 33.2 Å². The summed E-state index contributed by atoms with van der Waals surface area (Å²) in [7, 11) is 0. The lowest BCUT2D eigenvalue weighted by atomic mass is 9.89. The van der Waals surface area contributed by atoms with Gasteiger partial charge in [0.15, 0.2) is 0 Å². The van der Waals surface area contributed by atoms with Gasteiger partial charge in [0.2, 0.25) is 0 Å². The second kappa shape index (κ2) is 5.16. The van der Waals surface area contributed by atoms with E-state index in [1.165, 1.54) is 0 Å². The molecule has 1 aliphatic rings. The smallest absolute Gasteiger partial charge is 0.323 e. The van der Waals surface area contributed by atoms with Gasteiger partial charge in [0.1, 0.15) is 5.69 Å². The van der Waals surface area contributed by atoms with Crippen LogP contribution in [0.3, 0.4) is 0 Å². The number of aromatic amines is 2. The van der Waals surface area contributed by atoms with Crippen molar-refractivity contribution in [2.24, 2.45) is 5.41 Å². The standard InChI is InChI=1S/C17H21N3O2/c1-11-14(19-16(22)18-11)15(21)20-10-17(2,3)9-13(20)12-7-5-4-6-8-12/h4-8,13H,9-10H2,1-3H3,(H2,18,19,22). The minimum Gasteiger partial charge on any atom is -0.330 e. The van der Waals surface area contributed by atoms with E-state index in [1.807, 2.05) is 23.1 Å². The van der Waals surface area contributed by atoms with Gasteiger partial charge in [-0.05, 0) is 24.3 Å². The Balaban J connectivity index is 1.98. The average molecular weight is 299 g/mol. The van der Waals surface area contributed by atoms with Crippen molar-refractivity contribution >= 4 is 5.91 Å². The van der Waals surface area contributed by atoms with Gasteiger partial charge in [-0.1, -0.05) is 44.2 Å². The fourth-order valence-corrected chi connectivity index (χ4v) is 3.28. The first kappa shape index (κ1) is 14.6. The molecule has 2 aromatic rings. The average Bonchev–Trinajstić information content (AvgIpc) is 2.98. The highest BCUT2D eigenvalue weighted by Crippen LogP contribution is 2.43. The summed E-state index contributed by atoms with van der Waals surface area (Å²) in [5.74, 6) is -0.115. The maximum atomic E-state index is 12.9. The second-order valence-electron chi connectivity index (χ2n) is 6.81. The number of hydrogen-bond donors (Lipinski definition) is 2. The maximum absolute atomic E-state index is 12.9. The number of nitrogens with one attached hydrogen (secondary N) is 2. The van der Waals surface area contributed by atoms with Gasteiger partial charge in [-0.25, -0.2) is 4.79 Å². The quantitative estimate of drug-likeness (QED) is 0.895. The molecule has 2 heterocycles. The molecule has 0 radical (unpaired) electrons. The monoisotopic (exact) mass is 299 g/mol. The number of carbonyl (C=O) groups is 1. The molecule has 1 unspecified atom stereocenters. The van der Waals surface area contributed by atoms with Crippen LogP contribution in [0.25, 0.3) is 0 Å². The number of H-pyrrole nitrogens is 2. The van der Waals surface area contributed by atoms with E-state index in [4.69, 9.17) is 0 Å². The number of rotatable bonds is 2. The molecule has 1 saturated heterocycles. The fraction of sp³-hybridized carbons (Fsp3) is 0.412. The highest BCUT2D eigenvalue weighted by atomic mass is 16.2. The lowest BCUT2D eigenvalue weighted by molar-refractivity contribution is 0.0718. The molecule has 1 aromatic carbocycles. The zero-order valence-corrected chi connectivity index (χ0v) is 13.1. The van der Waals surface area contributed by atoms with E-state index >= 15 is 0 Å². The number of benzene rings is 1. The first-order valence-corrected chi connectivity index (χ1v) is 7.52. The number of imidazole rings is 1. The van der Waals surface area contributed by atoms with Gasteiger partial charge in [-0.2, -0.15) is 0 Å². The summed E-state index contributed by atoms with van der Waals surface area (Å²) < 4.78 is 0. The van der Waals surface area contributed by atoms with Gasteiger partial charge in [0, 0.05) is 12.2 Å². The molecule has 1 amide bonds. The third-order valence-corrected chi connectivity index (χ3v) is 4.29. The Morgan fingerprint density at radius 1 is 1.23 bits per heavy atom. The van der Waals surface area contributed by atoms with Crippen molar-refractivity contribution in [3.8, 4) is 0 Å². The van der Waals surface area contributed by atoms with Crippen LogP contribution >= 0.6 is 0 Å². The molecule has 116 valence electrons. The van der Waals surface area contributed by atoms with Gasteiger partial charge in [-0.15, -0.1) is 0 Å². The van der Waals surface area contributed by atoms with E-state index in [0.29, 0.717) is 17.9 Å². The van der Waals surface area contributed by atoms with Crippen LogP contribution in [0.2, 0.25) is 0 Å². The molecule has 22 heavy (non-hydrogen) atoms. The van der Waals surface area contributed by atoms with E-state index in [0.717, 1.165) is 12.0 Å². The molecule has 0 saturated carbocycles. The number of aryl methyl sites for hydroxylation is 1. The molecule has 1 atom stereocenters. The Labute approximate surface area is 129 Å². The molecule has 0 spiro atoms. The molecule has 0 bridgehead atoms. The summed E-state index contributed by atoms with van der Waals surface area (Å²) >= 11 is 0. The van der Waals surface area contributed by atoms with Gasteiger partial charge < -0.3 is 14.9 Å². The minimum absolute atomic E-state index is 0.0431. The van der Waals surface area contributed by atoms with Crippen LogP contribution in [0.15, 0.2) is 35.1 Å². The molecule has 3 rings (SSSR count). The summed E-state index contributed by atoms with van der Waals surface area (Å²) in [4.78, 5) is 31.4. The van der Waals surface area contributed by atoms with Crippen molar-refractivity contribution in [3.63, 3.8) is 0 Å². The van der Waals surface area contributed by atoms with Gasteiger partial charge >= 0.3 is 5.69 Å². The largest absolute Gasteiger partial charge is 0.330 e. The van der Waals surface area contributed by atoms with Crippen LogP contribution in [0.4, 0.5) is 0 Å². The molecule has 1 fully saturated rings. The van der Waals surface area contributed by atoms with Crippen molar-refractivity contribution in [2.75, 3.05) is 6.54 Å². The van der Waals surface area contributed by atoms with Crippen LogP contribution in [0, 0.1) is 12.3 Å². The fourth-order valence-electron chi connectivity index (χ4n) is 3.28. The zero-order chi connectivity index (χ0) is 15.9. The van der Waals surface area contributed by atoms with Crippen molar-refractivity contribution in [1.82, 2.24) is 14.9 Å². The molecule has 1 aliphatic heterocycles. The van der Waals surface area contributed by atoms with Gasteiger partial charge in [0.05, 0.1) is 6.04 Å². The summed E-state index contributed by atoms with van der Waals surface area (Å²) in [5, 5.41) is 0. The Hall–Kier alpha value is -2.30. The van der Waals surface area contributed by atoms with Gasteiger partial charge in [-0.3, -0.25) is 4.79 Å². The van der Waals surface area contributed by atoms with Crippen molar-refractivity contribution < 1.29 is 4.79 Å². The van der Waals surface area contributed by atoms with Crippen LogP contribution < -0.4 is 5.69 Å². The topological polar surface area (TPSA) is 69.0 Å². The van der Waals surface area contributed by atoms with Crippen LogP contribution in [-0.4, -0.2) is 27.3 Å². The van der Waals surface area contributed by atoms with Crippen LogP contribution in [-0.2, 0) is 0 Å². The Kier molecular flexibility index (Phi) is 3.43. The number of carbonyl (C=O) groups excluding carboxylic acids is 1. The summed E-state index contributed by atoms with van der Waals surface area (Å²) in [5.41, 5.74) is 1.81. The highest BCUT2D eigenvalue weighted by Gasteiger charge is 2.41. The molecular weight excluding hydrogens is 278 g/mol. The third kappa shape index (κ3) is 2.58.